The standard InChI is InChI=1S/C40H58O5/c1-25(33(41)20-30(27-14-10-7-11-15-27)37(2,3)23-26-12-8-6-9-13-26)28-17-19-40(45)31-21-34(42)32-22-35(43)36(44)24-38(32,4)29(31)16-18-39(28,40)5/h6,8-9,12-13,21,25,28-29,32-33,35-36,41,43-45H,7,10-11,14-20,22-24H2,1-5H3/t25-,28-,29+,32+,33+,35+,36-,38+,39+,40-/m0/s1. The fourth-order valence-corrected chi connectivity index (χ4v) is 11.3. The number of fused-ring (bicyclic) bond motifs is 5. The summed E-state index contributed by atoms with van der Waals surface area (Å²) in [7, 11) is 0. The molecule has 45 heavy (non-hydrogen) atoms. The minimum atomic E-state index is -1.10. The van der Waals surface area contributed by atoms with E-state index in [2.05, 4.69) is 65.0 Å². The van der Waals surface area contributed by atoms with Crippen molar-refractivity contribution < 1.29 is 25.2 Å². The average molecular weight is 619 g/mol. The minimum Gasteiger partial charge on any atom is -0.393 e. The van der Waals surface area contributed by atoms with Gasteiger partial charge in [0.1, 0.15) is 0 Å². The normalized spacial score (nSPS) is 39.8. The number of aliphatic hydroxyl groups is 4. The van der Waals surface area contributed by atoms with Crippen LogP contribution >= 0.6 is 0 Å². The van der Waals surface area contributed by atoms with E-state index in [0.29, 0.717) is 19.3 Å². The van der Waals surface area contributed by atoms with Gasteiger partial charge in [-0.25, -0.2) is 0 Å². The third-order valence-corrected chi connectivity index (χ3v) is 14.0. The van der Waals surface area contributed by atoms with Crippen molar-refractivity contribution in [3.63, 3.8) is 0 Å². The van der Waals surface area contributed by atoms with E-state index >= 15 is 0 Å². The van der Waals surface area contributed by atoms with Crippen molar-refractivity contribution in [2.24, 2.45) is 39.9 Å². The van der Waals surface area contributed by atoms with Gasteiger partial charge in [-0.3, -0.25) is 4.79 Å². The van der Waals surface area contributed by atoms with E-state index in [1.807, 2.05) is 0 Å². The van der Waals surface area contributed by atoms with Crippen LogP contribution in [0.4, 0.5) is 0 Å². The summed E-state index contributed by atoms with van der Waals surface area (Å²) in [6.45, 7) is 11.2. The van der Waals surface area contributed by atoms with Gasteiger partial charge in [-0.1, -0.05) is 82.5 Å². The number of ketones is 1. The van der Waals surface area contributed by atoms with Crippen molar-refractivity contribution in [2.75, 3.05) is 0 Å². The van der Waals surface area contributed by atoms with E-state index in [1.165, 1.54) is 30.4 Å². The van der Waals surface area contributed by atoms with Crippen LogP contribution in [0.5, 0.6) is 0 Å². The Morgan fingerprint density at radius 3 is 2.36 bits per heavy atom. The van der Waals surface area contributed by atoms with Crippen LogP contribution in [-0.2, 0) is 11.2 Å². The Bertz CT molecular complexity index is 1320. The Labute approximate surface area is 271 Å². The largest absolute Gasteiger partial charge is 0.393 e. The Kier molecular flexibility index (Phi) is 8.85. The fraction of sp³-hybridized carbons (Fsp3) is 0.725. The smallest absolute Gasteiger partial charge is 0.159 e. The second kappa shape index (κ2) is 12.0. The maximum atomic E-state index is 13.6. The molecule has 5 nitrogen and oxygen atoms in total. The third kappa shape index (κ3) is 5.52. The number of aliphatic hydroxyl groups excluding tert-OH is 3. The quantitative estimate of drug-likeness (QED) is 0.244. The number of carbonyl (C=O) groups is 1. The number of hydrogen-bond donors (Lipinski definition) is 4. The van der Waals surface area contributed by atoms with Gasteiger partial charge in [0.05, 0.1) is 23.9 Å². The second-order valence-corrected chi connectivity index (χ2v) is 17.0. The lowest BCUT2D eigenvalue weighted by atomic mass is 9.46. The molecule has 5 aliphatic rings. The molecule has 0 aliphatic heterocycles. The maximum Gasteiger partial charge on any atom is 0.159 e. The van der Waals surface area contributed by atoms with Crippen LogP contribution in [0.3, 0.4) is 0 Å². The van der Waals surface area contributed by atoms with Crippen molar-refractivity contribution in [3.8, 4) is 0 Å². The number of rotatable bonds is 7. The first-order valence-electron chi connectivity index (χ1n) is 18.0. The van der Waals surface area contributed by atoms with E-state index < -0.39 is 34.7 Å². The summed E-state index contributed by atoms with van der Waals surface area (Å²) in [6.07, 6.45) is 10.9. The molecule has 5 aliphatic carbocycles. The maximum absolute atomic E-state index is 13.6. The van der Waals surface area contributed by atoms with E-state index in [4.69, 9.17) is 0 Å². The summed E-state index contributed by atoms with van der Waals surface area (Å²) in [6, 6.07) is 10.7. The first-order valence-corrected chi connectivity index (χ1v) is 18.0. The van der Waals surface area contributed by atoms with Gasteiger partial charge >= 0.3 is 0 Å². The zero-order chi connectivity index (χ0) is 32.4. The number of carbonyl (C=O) groups excluding carboxylic acids is 1. The molecule has 0 unspecified atom stereocenters. The number of allylic oxidation sites excluding steroid dienone is 2. The summed E-state index contributed by atoms with van der Waals surface area (Å²) in [4.78, 5) is 13.6. The predicted octanol–water partition coefficient (Wildman–Crippen LogP) is 7.11. The lowest BCUT2D eigenvalue weighted by Gasteiger charge is -2.60. The van der Waals surface area contributed by atoms with Gasteiger partial charge in [-0.15, -0.1) is 0 Å². The van der Waals surface area contributed by atoms with Gasteiger partial charge in [0.15, 0.2) is 5.78 Å². The van der Waals surface area contributed by atoms with Gasteiger partial charge in [0.2, 0.25) is 0 Å². The van der Waals surface area contributed by atoms with Crippen LogP contribution < -0.4 is 0 Å². The summed E-state index contributed by atoms with van der Waals surface area (Å²) in [5, 5.41) is 45.8. The molecule has 248 valence electrons. The van der Waals surface area contributed by atoms with Crippen molar-refractivity contribution >= 4 is 5.78 Å². The highest BCUT2D eigenvalue weighted by molar-refractivity contribution is 5.95. The Hall–Kier alpha value is -1.79. The van der Waals surface area contributed by atoms with Crippen LogP contribution in [0.2, 0.25) is 0 Å². The Balaban J connectivity index is 1.26. The first-order chi connectivity index (χ1) is 21.2. The molecule has 0 bridgehead atoms. The van der Waals surface area contributed by atoms with Crippen LogP contribution in [0.1, 0.15) is 117 Å². The van der Waals surface area contributed by atoms with E-state index in [9.17, 15) is 25.2 Å². The molecule has 4 N–H and O–H groups in total. The molecule has 5 heteroatoms. The molecule has 0 heterocycles. The average Bonchev–Trinajstić information content (AvgIpc) is 3.28. The van der Waals surface area contributed by atoms with Gasteiger partial charge in [-0.05, 0) is 123 Å². The molecule has 0 amide bonds. The molecule has 0 aromatic heterocycles. The summed E-state index contributed by atoms with van der Waals surface area (Å²) in [5.74, 6) is -0.175. The highest BCUT2D eigenvalue weighted by Crippen LogP contribution is 2.68. The zero-order valence-corrected chi connectivity index (χ0v) is 28.4. The predicted molar refractivity (Wildman–Crippen MR) is 178 cm³/mol. The van der Waals surface area contributed by atoms with Crippen molar-refractivity contribution in [1.29, 1.82) is 0 Å². The van der Waals surface area contributed by atoms with Crippen molar-refractivity contribution in [2.45, 2.75) is 142 Å². The van der Waals surface area contributed by atoms with E-state index in [-0.39, 0.29) is 41.3 Å². The van der Waals surface area contributed by atoms with Crippen molar-refractivity contribution in [3.05, 3.63) is 58.7 Å². The van der Waals surface area contributed by atoms with Crippen LogP contribution in [0.25, 0.3) is 0 Å². The van der Waals surface area contributed by atoms with E-state index in [1.54, 1.807) is 11.6 Å². The molecule has 1 aromatic rings. The third-order valence-electron chi connectivity index (χ3n) is 14.0. The lowest BCUT2D eigenvalue weighted by Crippen LogP contribution is -2.61. The second-order valence-electron chi connectivity index (χ2n) is 17.0. The molecule has 0 spiro atoms. The number of benzene rings is 1. The van der Waals surface area contributed by atoms with Crippen LogP contribution in [0.15, 0.2) is 53.1 Å². The highest BCUT2D eigenvalue weighted by atomic mass is 16.3. The fourth-order valence-electron chi connectivity index (χ4n) is 11.3. The van der Waals surface area contributed by atoms with Gasteiger partial charge in [-0.2, -0.15) is 0 Å². The lowest BCUT2D eigenvalue weighted by molar-refractivity contribution is -0.154. The molecule has 6 rings (SSSR count). The van der Waals surface area contributed by atoms with Gasteiger partial charge in [0, 0.05) is 11.3 Å². The topological polar surface area (TPSA) is 98.0 Å². The molecule has 4 saturated carbocycles. The van der Waals surface area contributed by atoms with Crippen LogP contribution in [0, 0.1) is 39.9 Å². The minimum absolute atomic E-state index is 0.00201. The SMILES string of the molecule is C[C@H]([C@H](O)CC(=C1CCCCC1)C(C)(C)Cc1ccccc1)[C@@H]1CC[C@]2(O)C3=CC(=O)[C@H]4C[C@@H](O)[C@@H](O)C[C@]4(C)[C@@H]3CC[C@]12C. The summed E-state index contributed by atoms with van der Waals surface area (Å²) < 4.78 is 0. The van der Waals surface area contributed by atoms with Crippen LogP contribution in [-0.4, -0.2) is 50.1 Å². The number of hydrogen-bond acceptors (Lipinski definition) is 5. The molecule has 0 radical (unpaired) electrons. The van der Waals surface area contributed by atoms with Crippen molar-refractivity contribution in [1.82, 2.24) is 0 Å². The Morgan fingerprint density at radius 2 is 1.67 bits per heavy atom. The molecule has 0 saturated heterocycles. The summed E-state index contributed by atoms with van der Waals surface area (Å²) >= 11 is 0. The molecule has 10 atom stereocenters. The Morgan fingerprint density at radius 1 is 0.978 bits per heavy atom. The summed E-state index contributed by atoms with van der Waals surface area (Å²) in [5.41, 5.74) is 3.11. The molecular weight excluding hydrogens is 560 g/mol. The first kappa shape index (κ1) is 33.1. The van der Waals surface area contributed by atoms with Gasteiger partial charge < -0.3 is 20.4 Å². The molecular formula is C40H58O5. The molecule has 4 fully saturated rings. The van der Waals surface area contributed by atoms with E-state index in [0.717, 1.165) is 44.1 Å². The highest BCUT2D eigenvalue weighted by Gasteiger charge is 2.67. The van der Waals surface area contributed by atoms with Gasteiger partial charge in [0.25, 0.3) is 0 Å². The molecule has 1 aromatic carbocycles. The monoisotopic (exact) mass is 618 g/mol. The zero-order valence-electron chi connectivity index (χ0n) is 28.4.